The van der Waals surface area contributed by atoms with Crippen LogP contribution in [0.2, 0.25) is 0 Å². The molecule has 0 saturated carbocycles. The summed E-state index contributed by atoms with van der Waals surface area (Å²) in [5.41, 5.74) is 9.52. The number of hydrogen-bond acceptors (Lipinski definition) is 0. The maximum absolute atomic E-state index is 6.92. The van der Waals surface area contributed by atoms with Gasteiger partial charge in [-0.05, 0) is 94.9 Å². The fraction of sp³-hybridized carbons (Fsp3) is 0.0750. The average Bonchev–Trinajstić information content (AvgIpc) is 3.55. The minimum absolute atomic E-state index is 0.216. The predicted molar refractivity (Wildman–Crippen MR) is 176 cm³/mol. The predicted octanol–water partition coefficient (Wildman–Crippen LogP) is 11.2. The van der Waals surface area contributed by atoms with E-state index in [2.05, 4.69) is 128 Å². The van der Waals surface area contributed by atoms with Gasteiger partial charge < -0.3 is 0 Å². The van der Waals surface area contributed by atoms with Gasteiger partial charge in [-0.2, -0.15) is 0 Å². The summed E-state index contributed by atoms with van der Waals surface area (Å²) < 4.78 is 0. The second kappa shape index (κ2) is 8.80. The molecule has 7 aromatic rings. The van der Waals surface area contributed by atoms with Crippen LogP contribution in [0.25, 0.3) is 59.8 Å². The van der Waals surface area contributed by atoms with E-state index in [0.717, 1.165) is 17.9 Å². The van der Waals surface area contributed by atoms with Gasteiger partial charge >= 0.3 is 0 Å². The maximum atomic E-state index is 6.92. The van der Waals surface area contributed by atoms with Crippen molar-refractivity contribution in [3.8, 4) is 11.1 Å². The monoisotopic (exact) mass is 541 g/mol. The molecule has 0 amide bonds. The molecule has 0 atom stereocenters. The second-order valence-corrected chi connectivity index (χ2v) is 11.9. The molecule has 0 N–H and O–H groups in total. The van der Waals surface area contributed by atoms with Gasteiger partial charge in [0.2, 0.25) is 0 Å². The van der Waals surface area contributed by atoms with Gasteiger partial charge in [0, 0.05) is 17.4 Å². The summed E-state index contributed by atoms with van der Waals surface area (Å²) >= 11 is 6.92. The summed E-state index contributed by atoms with van der Waals surface area (Å²) in [5.74, 6) is 0.216. The Bertz CT molecular complexity index is 2130. The highest BCUT2D eigenvalue weighted by Gasteiger charge is 2.36. The van der Waals surface area contributed by atoms with Crippen molar-refractivity contribution in [1.82, 2.24) is 0 Å². The van der Waals surface area contributed by atoms with E-state index in [1.54, 1.807) is 0 Å². The number of benzene rings is 7. The molecule has 1 radical (unpaired) electrons. The van der Waals surface area contributed by atoms with Gasteiger partial charge in [-0.15, -0.1) is 0 Å². The van der Waals surface area contributed by atoms with Crippen molar-refractivity contribution in [1.29, 1.82) is 0 Å². The Morgan fingerprint density at radius 2 is 0.927 bits per heavy atom. The van der Waals surface area contributed by atoms with E-state index in [-0.39, 0.29) is 5.92 Å². The van der Waals surface area contributed by atoms with Gasteiger partial charge in [-0.25, -0.2) is 0 Å². The van der Waals surface area contributed by atoms with Crippen molar-refractivity contribution in [2.24, 2.45) is 0 Å². The molecule has 193 valence electrons. The van der Waals surface area contributed by atoms with Crippen molar-refractivity contribution in [2.75, 3.05) is 0 Å². The molecule has 0 aromatic heterocycles. The molecule has 2 aliphatic rings. The van der Waals surface area contributed by atoms with Gasteiger partial charge in [0.05, 0.1) is 0 Å². The topological polar surface area (TPSA) is 0 Å². The van der Waals surface area contributed by atoms with Crippen molar-refractivity contribution in [3.05, 3.63) is 155 Å². The van der Waals surface area contributed by atoms with E-state index in [9.17, 15) is 0 Å². The van der Waals surface area contributed by atoms with Crippen LogP contribution >= 0.6 is 11.6 Å². The van der Waals surface area contributed by atoms with Crippen molar-refractivity contribution < 1.29 is 0 Å². The summed E-state index contributed by atoms with van der Waals surface area (Å²) in [6.07, 6.45) is 4.14. The van der Waals surface area contributed by atoms with E-state index in [4.69, 9.17) is 11.6 Å². The molecule has 0 bridgehead atoms. The summed E-state index contributed by atoms with van der Waals surface area (Å²) in [6, 6.07) is 44.7. The Morgan fingerprint density at radius 3 is 1.46 bits per heavy atom. The number of halogens is 1. The van der Waals surface area contributed by atoms with Crippen LogP contribution in [0.15, 0.2) is 126 Å². The lowest BCUT2D eigenvalue weighted by molar-refractivity contribution is 0.844. The molecule has 0 spiro atoms. The number of fused-ring (bicyclic) bond motifs is 14. The van der Waals surface area contributed by atoms with Crippen LogP contribution in [0.3, 0.4) is 0 Å². The fourth-order valence-electron chi connectivity index (χ4n) is 7.78. The summed E-state index contributed by atoms with van der Waals surface area (Å²) in [6.45, 7) is 0. The molecule has 9 rings (SSSR count). The number of rotatable bonds is 3. The SMILES string of the molecule is ClC1=C([CH]CC2c3c(c4ccccc4c4ccccc34)-c3c2c2ccccc2c2ccccc32)c2ccccc2C1. The molecule has 7 aromatic carbocycles. The fourth-order valence-corrected chi connectivity index (χ4v) is 8.10. The van der Waals surface area contributed by atoms with Crippen LogP contribution in [0, 0.1) is 6.42 Å². The molecular weight excluding hydrogens is 516 g/mol. The van der Waals surface area contributed by atoms with E-state index in [0.29, 0.717) is 0 Å². The summed E-state index contributed by atoms with van der Waals surface area (Å²) in [5, 5.41) is 11.7. The molecule has 0 nitrogen and oxygen atoms in total. The molecule has 2 aliphatic carbocycles. The largest absolute Gasteiger partial charge is 0.0885 e. The molecule has 0 heterocycles. The standard InChI is InChI=1S/C40H26Cl/c41-36-23-24-11-1-2-12-25(24)30(36)21-22-35-37-31-17-7-3-13-26(31)28-15-5-9-19-33(28)39(37)40-34-20-10-6-16-29(34)27-14-4-8-18-32(27)38(35)40/h1-21,35H,22-23H2. The lowest BCUT2D eigenvalue weighted by atomic mass is 9.84. The van der Waals surface area contributed by atoms with Crippen LogP contribution < -0.4 is 0 Å². The molecule has 0 saturated heterocycles. The number of hydrogen-bond donors (Lipinski definition) is 0. The molecule has 41 heavy (non-hydrogen) atoms. The first kappa shape index (κ1) is 23.3. The van der Waals surface area contributed by atoms with E-state index < -0.39 is 0 Å². The Balaban J connectivity index is 1.39. The normalized spacial score (nSPS) is 14.4. The van der Waals surface area contributed by atoms with Crippen LogP contribution in [0.5, 0.6) is 0 Å². The lowest BCUT2D eigenvalue weighted by Crippen LogP contribution is -2.01. The lowest BCUT2D eigenvalue weighted by Gasteiger charge is -2.19. The minimum Gasteiger partial charge on any atom is -0.0885 e. The Labute approximate surface area is 244 Å². The van der Waals surface area contributed by atoms with E-state index in [1.807, 2.05) is 0 Å². The van der Waals surface area contributed by atoms with Gasteiger partial charge in [-0.1, -0.05) is 133 Å². The van der Waals surface area contributed by atoms with Gasteiger partial charge in [0.25, 0.3) is 0 Å². The zero-order chi connectivity index (χ0) is 27.1. The summed E-state index contributed by atoms with van der Waals surface area (Å²) in [7, 11) is 0. The van der Waals surface area contributed by atoms with Gasteiger partial charge in [0.1, 0.15) is 0 Å². The zero-order valence-corrected chi connectivity index (χ0v) is 23.2. The van der Waals surface area contributed by atoms with Crippen molar-refractivity contribution in [2.45, 2.75) is 18.8 Å². The first-order valence-corrected chi connectivity index (χ1v) is 14.8. The van der Waals surface area contributed by atoms with Crippen LogP contribution in [-0.2, 0) is 6.42 Å². The molecule has 0 unspecified atom stereocenters. The Morgan fingerprint density at radius 1 is 0.512 bits per heavy atom. The third kappa shape index (κ3) is 3.23. The van der Waals surface area contributed by atoms with Crippen molar-refractivity contribution in [3.63, 3.8) is 0 Å². The van der Waals surface area contributed by atoms with E-state index in [1.165, 1.54) is 82.0 Å². The minimum atomic E-state index is 0.216. The highest BCUT2D eigenvalue weighted by atomic mass is 35.5. The maximum Gasteiger partial charge on any atom is 0.0266 e. The zero-order valence-electron chi connectivity index (χ0n) is 22.5. The second-order valence-electron chi connectivity index (χ2n) is 11.4. The average molecular weight is 542 g/mol. The Kier molecular flexibility index (Phi) is 5.01. The molecule has 0 aliphatic heterocycles. The molecule has 1 heteroatoms. The smallest absolute Gasteiger partial charge is 0.0266 e. The molecular formula is C40H26Cl. The first-order valence-electron chi connectivity index (χ1n) is 14.5. The highest BCUT2D eigenvalue weighted by Crippen LogP contribution is 2.58. The van der Waals surface area contributed by atoms with E-state index >= 15 is 0 Å². The van der Waals surface area contributed by atoms with Crippen LogP contribution in [0.1, 0.15) is 34.6 Å². The van der Waals surface area contributed by atoms with Crippen LogP contribution in [-0.4, -0.2) is 0 Å². The van der Waals surface area contributed by atoms with Crippen molar-refractivity contribution >= 4 is 60.3 Å². The van der Waals surface area contributed by atoms with Crippen LogP contribution in [0.4, 0.5) is 0 Å². The Hall–Kier alpha value is -4.39. The third-order valence-corrected chi connectivity index (χ3v) is 9.73. The van der Waals surface area contributed by atoms with Gasteiger partial charge in [0.15, 0.2) is 0 Å². The van der Waals surface area contributed by atoms with Gasteiger partial charge in [-0.3, -0.25) is 0 Å². The summed E-state index contributed by atoms with van der Waals surface area (Å²) in [4.78, 5) is 0. The first-order chi connectivity index (χ1) is 20.3. The quantitative estimate of drug-likeness (QED) is 0.195. The third-order valence-electron chi connectivity index (χ3n) is 9.40. The highest BCUT2D eigenvalue weighted by molar-refractivity contribution is 6.34. The number of allylic oxidation sites excluding steroid dienone is 2. The molecule has 0 fully saturated rings.